The second kappa shape index (κ2) is 37.6. The number of cyclic esters (lactones) is 1. The van der Waals surface area contributed by atoms with Gasteiger partial charge in [-0.25, -0.2) is 4.79 Å². The van der Waals surface area contributed by atoms with E-state index in [1.165, 1.54) is 22.3 Å². The zero-order chi connectivity index (χ0) is 84.5. The molecule has 0 amide bonds. The van der Waals surface area contributed by atoms with Crippen LogP contribution in [0.1, 0.15) is 148 Å². The van der Waals surface area contributed by atoms with Crippen LogP contribution in [-0.2, 0) is 77.9 Å². The fourth-order valence-electron chi connectivity index (χ4n) is 16.5. The van der Waals surface area contributed by atoms with Crippen LogP contribution in [0.3, 0.4) is 0 Å². The van der Waals surface area contributed by atoms with Gasteiger partial charge in [0.1, 0.15) is 51.7 Å². The molecule has 0 fully saturated rings. The lowest BCUT2D eigenvalue weighted by atomic mass is 9.67. The maximum atomic E-state index is 12.8. The number of carbonyl (C=O) groups is 1. The summed E-state index contributed by atoms with van der Waals surface area (Å²) >= 11 is 0. The first-order chi connectivity index (χ1) is 57.0. The highest BCUT2D eigenvalue weighted by molar-refractivity contribution is 5.96. The molecule has 12 heteroatoms. The summed E-state index contributed by atoms with van der Waals surface area (Å²) < 4.78 is 6.08. The monoisotopic (exact) mass is 1570 g/mol. The molecule has 0 radical (unpaired) electrons. The number of esters is 1. The Hall–Kier alpha value is -13.8. The molecule has 12 aromatic rings. The number of hydrogen-bond donors (Lipinski definition) is 10. The number of carbonyl (C=O) groups excluding carboxylic acids is 1. The average molecular weight is 1570 g/mol. The SMILES string of the molecule is C=CCc1cc(C(C)(CCCO)c2ccc(O)c(CC=C)c2)ccc1O.C=CCc1cc(C(C)(c2ccc(O)cc2)c2ccc(O)c(CC=C)c2)ccc1O.C=CCc1cc(C2(c3ccc(O)c(CC=C)c3)OC(=O)c3ccccc32)ccc1O.C=CCc1cc(C2(c3ccc(O)c(CC=C)c3)c3ccccc3-c3ccccc32)ccc1O. The van der Waals surface area contributed by atoms with Gasteiger partial charge >= 0.3 is 5.97 Å². The molecular weight excluding hydrogens is 1470 g/mol. The number of ether oxygens (including phenoxy) is 1. The van der Waals surface area contributed by atoms with Crippen molar-refractivity contribution in [1.82, 2.24) is 0 Å². The minimum Gasteiger partial charge on any atom is -0.508 e. The van der Waals surface area contributed by atoms with Crippen molar-refractivity contribution in [3.63, 3.8) is 0 Å². The maximum Gasteiger partial charge on any atom is 0.340 e. The van der Waals surface area contributed by atoms with Crippen LogP contribution in [0, 0.1) is 0 Å². The molecule has 14 rings (SSSR count). The molecule has 0 saturated heterocycles. The number of fused-ring (bicyclic) bond motifs is 4. The van der Waals surface area contributed by atoms with Crippen molar-refractivity contribution >= 4 is 5.97 Å². The van der Waals surface area contributed by atoms with E-state index in [2.05, 4.69) is 127 Å². The molecule has 0 spiro atoms. The van der Waals surface area contributed by atoms with Crippen molar-refractivity contribution in [2.75, 3.05) is 6.61 Å². The molecule has 0 bridgehead atoms. The van der Waals surface area contributed by atoms with E-state index in [1.54, 1.807) is 121 Å². The van der Waals surface area contributed by atoms with Gasteiger partial charge in [0.2, 0.25) is 0 Å². The molecule has 1 aliphatic heterocycles. The van der Waals surface area contributed by atoms with Crippen LogP contribution in [0.2, 0.25) is 0 Å². The summed E-state index contributed by atoms with van der Waals surface area (Å²) in [6, 6.07) is 76.2. The standard InChI is InChI=1S/C31H26O2.C26H22O4.C26H26O3.C23H28O3/c1-3-9-21-19-23(15-17-29(21)32)31(24-16-18-30(33)22(20-24)10-4-2)27-13-7-5-11-25(27)26-12-6-8-14-28(26)31;1-3-7-17-15-19(11-13-23(17)27)26(20-12-14-24(28)18(16-20)8-4-2)22-10-6-5-9-21(22)25(29)30-26;1-4-6-18-16-21(10-14-24(18)28)26(3,20-8-12-23(27)13-9-20)22-11-15-25(29)19(17-22)7-5-2;1-4-7-17-15-19(9-11-21(17)25)23(3,13-6-14-24)20-10-12-22(26)18(16-20)8-5-2/h3-8,11-20,32-33H,1-2,9-10H2;3-6,9-16,27-28H,1-2,7-8H2;4-5,8-17,27-29H,1-2,6-7H2,3H3;4-5,9-12,15-16,24-26H,1-2,6-8,13-14H2,3H3. The normalized spacial score (nSPS) is 12.5. The summed E-state index contributed by atoms with van der Waals surface area (Å²) in [7, 11) is 0. The van der Waals surface area contributed by atoms with Gasteiger partial charge in [-0.1, -0.05) is 219 Å². The second-order valence-corrected chi connectivity index (χ2v) is 30.0. The fourth-order valence-corrected chi connectivity index (χ4v) is 16.5. The number of allylic oxidation sites excluding steroid dienone is 8. The number of rotatable bonds is 28. The van der Waals surface area contributed by atoms with E-state index in [-0.39, 0.29) is 63.8 Å². The van der Waals surface area contributed by atoms with Gasteiger partial charge in [-0.3, -0.25) is 0 Å². The van der Waals surface area contributed by atoms with E-state index in [9.17, 15) is 55.9 Å². The number of aliphatic hydroxyl groups excluding tert-OH is 1. The number of benzene rings is 12. The van der Waals surface area contributed by atoms with Crippen molar-refractivity contribution in [3.05, 3.63) is 461 Å². The highest BCUT2D eigenvalue weighted by Crippen LogP contribution is 2.57. The summed E-state index contributed by atoms with van der Waals surface area (Å²) in [6.07, 6.45) is 19.9. The van der Waals surface area contributed by atoms with Gasteiger partial charge in [0.25, 0.3) is 0 Å². The Balaban J connectivity index is 0.000000155. The highest BCUT2D eigenvalue weighted by Gasteiger charge is 2.50. The third-order valence-electron chi connectivity index (χ3n) is 22.7. The first kappa shape index (κ1) is 85.1. The second-order valence-electron chi connectivity index (χ2n) is 30.0. The average Bonchev–Trinajstić information content (AvgIpc) is 1.54. The number of hydrogen-bond acceptors (Lipinski definition) is 12. The van der Waals surface area contributed by atoms with Gasteiger partial charge in [0.05, 0.1) is 11.0 Å². The number of aromatic hydroxyl groups is 9. The molecule has 0 unspecified atom stereocenters. The van der Waals surface area contributed by atoms with Gasteiger partial charge in [-0.05, 0) is 256 Å². The highest BCUT2D eigenvalue weighted by atomic mass is 16.6. The van der Waals surface area contributed by atoms with Gasteiger partial charge in [0, 0.05) is 34.1 Å². The zero-order valence-electron chi connectivity index (χ0n) is 66.9. The minimum atomic E-state index is -1.19. The zero-order valence-corrected chi connectivity index (χ0v) is 66.9. The van der Waals surface area contributed by atoms with Crippen LogP contribution < -0.4 is 0 Å². The summed E-state index contributed by atoms with van der Waals surface area (Å²) in [4.78, 5) is 12.8. The predicted octanol–water partition coefficient (Wildman–Crippen LogP) is 22.2. The Morgan fingerprint density at radius 1 is 0.314 bits per heavy atom. The third-order valence-corrected chi connectivity index (χ3v) is 22.7. The van der Waals surface area contributed by atoms with Crippen LogP contribution in [-0.4, -0.2) is 63.6 Å². The largest absolute Gasteiger partial charge is 0.508 e. The van der Waals surface area contributed by atoms with Gasteiger partial charge in [0.15, 0.2) is 5.60 Å². The van der Waals surface area contributed by atoms with E-state index in [0.29, 0.717) is 85.6 Å². The molecule has 598 valence electrons. The number of phenolic OH excluding ortho intramolecular Hbond substituents is 9. The maximum absolute atomic E-state index is 12.8. The summed E-state index contributed by atoms with van der Waals surface area (Å²) in [6.45, 7) is 34.7. The summed E-state index contributed by atoms with van der Waals surface area (Å²) in [5.74, 6) is 1.63. The first-order valence-corrected chi connectivity index (χ1v) is 39.4. The fraction of sp³-hybridized carbons (Fsp3) is 0.160. The predicted molar refractivity (Wildman–Crippen MR) is 475 cm³/mol. The Morgan fingerprint density at radius 3 is 0.924 bits per heavy atom. The lowest BCUT2D eigenvalue weighted by Gasteiger charge is -2.34. The Kier molecular flexibility index (Phi) is 27.1. The van der Waals surface area contributed by atoms with Crippen LogP contribution in [0.4, 0.5) is 0 Å². The molecule has 1 heterocycles. The quantitative estimate of drug-likeness (QED) is 0.0125. The number of phenols is 9. The van der Waals surface area contributed by atoms with Gasteiger partial charge < -0.3 is 55.8 Å². The molecule has 0 atom stereocenters. The number of aliphatic hydroxyl groups is 1. The van der Waals surface area contributed by atoms with Crippen LogP contribution in [0.15, 0.2) is 344 Å². The van der Waals surface area contributed by atoms with E-state index in [0.717, 1.165) is 84.3 Å². The molecule has 10 N–H and O–H groups in total. The van der Waals surface area contributed by atoms with E-state index >= 15 is 0 Å². The van der Waals surface area contributed by atoms with Gasteiger partial charge in [-0.15, -0.1) is 52.6 Å². The van der Waals surface area contributed by atoms with Crippen molar-refractivity contribution < 1.29 is 60.6 Å². The molecular formula is C106H102O12. The van der Waals surface area contributed by atoms with Crippen molar-refractivity contribution in [1.29, 1.82) is 0 Å². The molecule has 12 aromatic carbocycles. The van der Waals surface area contributed by atoms with Crippen molar-refractivity contribution in [2.45, 2.75) is 99.9 Å². The Bertz CT molecular complexity index is 5450. The van der Waals surface area contributed by atoms with E-state index < -0.39 is 22.4 Å². The summed E-state index contributed by atoms with van der Waals surface area (Å²) in [5, 5.41) is 101. The Labute approximate surface area is 692 Å². The smallest absolute Gasteiger partial charge is 0.340 e. The molecule has 2 aliphatic rings. The third kappa shape index (κ3) is 17.1. The summed E-state index contributed by atoms with van der Waals surface area (Å²) in [5.41, 5.74) is 18.3. The van der Waals surface area contributed by atoms with Crippen LogP contribution >= 0.6 is 0 Å². The molecule has 0 saturated carbocycles. The van der Waals surface area contributed by atoms with Crippen LogP contribution in [0.5, 0.6) is 51.7 Å². The first-order valence-electron chi connectivity index (χ1n) is 39.4. The van der Waals surface area contributed by atoms with Crippen molar-refractivity contribution in [2.24, 2.45) is 0 Å². The molecule has 118 heavy (non-hydrogen) atoms. The lowest BCUT2D eigenvalue weighted by Crippen LogP contribution is -2.29. The van der Waals surface area contributed by atoms with Gasteiger partial charge in [-0.2, -0.15) is 0 Å². The molecule has 0 aromatic heterocycles. The van der Waals surface area contributed by atoms with E-state index in [4.69, 9.17) is 4.74 Å². The lowest BCUT2D eigenvalue weighted by molar-refractivity contribution is 0.0251. The van der Waals surface area contributed by atoms with E-state index in [1.807, 2.05) is 109 Å². The van der Waals surface area contributed by atoms with Crippen molar-refractivity contribution in [3.8, 4) is 62.9 Å². The minimum absolute atomic E-state index is 0.116. The topological polar surface area (TPSA) is 229 Å². The Morgan fingerprint density at radius 2 is 0.585 bits per heavy atom. The van der Waals surface area contributed by atoms with Crippen LogP contribution in [0.25, 0.3) is 11.1 Å². The molecule has 1 aliphatic carbocycles. The molecule has 12 nitrogen and oxygen atoms in total.